The Labute approximate surface area is 352 Å². The molecule has 57 heavy (non-hydrogen) atoms. The summed E-state index contributed by atoms with van der Waals surface area (Å²) in [5.41, 5.74) is 7.92. The molecular formula is C53H80N2O2. The smallest absolute Gasteiger partial charge is 0.231 e. The van der Waals surface area contributed by atoms with Crippen molar-refractivity contribution in [2.75, 3.05) is 44.9 Å². The number of benzene rings is 4. The van der Waals surface area contributed by atoms with Crippen LogP contribution >= 0.6 is 0 Å². The molecule has 7 rings (SSSR count). The number of anilines is 1. The fourth-order valence-corrected chi connectivity index (χ4v) is 4.70. The van der Waals surface area contributed by atoms with E-state index in [1.807, 2.05) is 96.2 Å². The Morgan fingerprint density at radius 1 is 0.684 bits per heavy atom. The fourth-order valence-electron chi connectivity index (χ4n) is 4.70. The highest BCUT2D eigenvalue weighted by Crippen LogP contribution is 2.32. The molecule has 4 aromatic carbocycles. The quantitative estimate of drug-likeness (QED) is 0.153. The van der Waals surface area contributed by atoms with Crippen molar-refractivity contribution in [3.05, 3.63) is 143 Å². The first kappa shape index (κ1) is 54.4. The van der Waals surface area contributed by atoms with Gasteiger partial charge in [-0.15, -0.1) is 12.3 Å². The van der Waals surface area contributed by atoms with Crippen molar-refractivity contribution in [1.82, 2.24) is 4.90 Å². The second-order valence-corrected chi connectivity index (χ2v) is 14.1. The third-order valence-corrected chi connectivity index (χ3v) is 8.53. The molecule has 0 aromatic heterocycles. The number of hydrogen-bond acceptors (Lipinski definition) is 4. The minimum atomic E-state index is 0. The van der Waals surface area contributed by atoms with E-state index in [0.717, 1.165) is 30.5 Å². The van der Waals surface area contributed by atoms with Crippen LogP contribution in [0, 0.1) is 39.0 Å². The maximum atomic E-state index is 5.16. The third kappa shape index (κ3) is 27.5. The minimum Gasteiger partial charge on any atom is -0.454 e. The molecule has 0 atom stereocenters. The van der Waals surface area contributed by atoms with Crippen molar-refractivity contribution in [3.8, 4) is 23.8 Å². The maximum Gasteiger partial charge on any atom is 0.231 e. The van der Waals surface area contributed by atoms with Crippen molar-refractivity contribution in [2.24, 2.45) is 5.92 Å². The number of hydrogen-bond donors (Lipinski definition) is 0. The summed E-state index contributed by atoms with van der Waals surface area (Å²) in [6.45, 7) is 29.7. The van der Waals surface area contributed by atoms with Crippen LogP contribution in [0.2, 0.25) is 0 Å². The Kier molecular flexibility index (Phi) is 32.9. The first-order chi connectivity index (χ1) is 27.0. The van der Waals surface area contributed by atoms with Crippen molar-refractivity contribution < 1.29 is 9.47 Å². The molecular weight excluding hydrogens is 697 g/mol. The Hall–Kier alpha value is -4.72. The number of piperazine rings is 1. The molecule has 2 aliphatic heterocycles. The molecule has 0 N–H and O–H groups in total. The van der Waals surface area contributed by atoms with Gasteiger partial charge < -0.3 is 19.3 Å². The van der Waals surface area contributed by atoms with Crippen molar-refractivity contribution >= 4 is 11.8 Å². The van der Waals surface area contributed by atoms with E-state index in [1.54, 1.807) is 6.92 Å². The van der Waals surface area contributed by atoms with Gasteiger partial charge in [0, 0.05) is 31.9 Å². The van der Waals surface area contributed by atoms with E-state index in [0.29, 0.717) is 12.7 Å². The zero-order valence-electron chi connectivity index (χ0n) is 37.4. The molecule has 0 spiro atoms. The average molecular weight is 777 g/mol. The third-order valence-electron chi connectivity index (χ3n) is 8.53. The highest BCUT2D eigenvalue weighted by molar-refractivity contribution is 5.49. The molecule has 0 amide bonds. The summed E-state index contributed by atoms with van der Waals surface area (Å²) in [5, 5.41) is 0. The van der Waals surface area contributed by atoms with E-state index in [-0.39, 0.29) is 7.43 Å². The van der Waals surface area contributed by atoms with Crippen LogP contribution in [0.15, 0.2) is 115 Å². The van der Waals surface area contributed by atoms with Gasteiger partial charge in [0.05, 0.1) is 0 Å². The number of likely N-dealkylation sites (N-methyl/N-ethyl adjacent to an activating group) is 1. The molecule has 4 nitrogen and oxygen atoms in total. The summed E-state index contributed by atoms with van der Waals surface area (Å²) < 4.78 is 10.3. The summed E-state index contributed by atoms with van der Waals surface area (Å²) in [7, 11) is 2.19. The number of aryl methyl sites for hydroxylation is 3. The van der Waals surface area contributed by atoms with E-state index in [4.69, 9.17) is 9.47 Å². The molecule has 0 unspecified atom stereocenters. The molecule has 3 aliphatic rings. The van der Waals surface area contributed by atoms with Crippen LogP contribution in [0.3, 0.4) is 0 Å². The molecule has 1 saturated carbocycles. The van der Waals surface area contributed by atoms with E-state index in [2.05, 4.69) is 131 Å². The second kappa shape index (κ2) is 34.5. The maximum absolute atomic E-state index is 5.16. The second-order valence-electron chi connectivity index (χ2n) is 14.1. The molecule has 0 bridgehead atoms. The number of ether oxygens (including phenoxy) is 2. The van der Waals surface area contributed by atoms with Crippen LogP contribution in [-0.2, 0) is 0 Å². The lowest BCUT2D eigenvalue weighted by Gasteiger charge is -2.34. The number of rotatable bonds is 3. The van der Waals surface area contributed by atoms with Crippen LogP contribution in [0.5, 0.6) is 11.5 Å². The fraction of sp³-hybridized carbons (Fsp3) is 0.434. The molecule has 4 aromatic rings. The van der Waals surface area contributed by atoms with Gasteiger partial charge in [-0.25, -0.2) is 0 Å². The van der Waals surface area contributed by atoms with Gasteiger partial charge in [-0.05, 0) is 108 Å². The van der Waals surface area contributed by atoms with Crippen LogP contribution in [0.4, 0.5) is 5.69 Å². The molecule has 2 fully saturated rings. The van der Waals surface area contributed by atoms with E-state index in [9.17, 15) is 0 Å². The van der Waals surface area contributed by atoms with Crippen LogP contribution in [-0.4, -0.2) is 44.9 Å². The zero-order valence-corrected chi connectivity index (χ0v) is 37.4. The van der Waals surface area contributed by atoms with E-state index < -0.39 is 0 Å². The van der Waals surface area contributed by atoms with Gasteiger partial charge in [0.1, 0.15) is 0 Å². The Morgan fingerprint density at radius 2 is 1.14 bits per heavy atom. The van der Waals surface area contributed by atoms with Gasteiger partial charge in [0.15, 0.2) is 11.5 Å². The van der Waals surface area contributed by atoms with Gasteiger partial charge >= 0.3 is 0 Å². The number of nitrogens with zero attached hydrogens (tertiary/aromatic N) is 2. The standard InChI is InChI=1S/C14H22N2.C9H10.C8H8O2.C8H10.2C4H8.C3H4.C2H6.CH4/c1-12(2)13-4-6-14(7-5-13)16-10-8-15(3)9-11-16;1-2-6-9-7-4-3-5-8-9;1-6-2-3-7-8(4-6)10-5-9-7;1-7-3-5-8(2)6-4-7;1-4-2-3-4;1-3-4-2;1-3-2;1-2;/h4-7,12H,8-11H2,1-3H3;2-8H,1H3;2-4H,5H2,1H3;3-6H,1-2H3;4H,2-3H2,1H3;3-4H,1-2H3;1H,2H3;1-2H3;1H4/b;6-2+;;;;4-3+;;;. The van der Waals surface area contributed by atoms with Gasteiger partial charge in [-0.2, -0.15) is 0 Å². The number of fused-ring (bicyclic) bond motifs is 1. The van der Waals surface area contributed by atoms with Crippen LogP contribution < -0.4 is 14.4 Å². The first-order valence-corrected chi connectivity index (χ1v) is 20.5. The van der Waals surface area contributed by atoms with E-state index >= 15 is 0 Å². The van der Waals surface area contributed by atoms with Crippen LogP contribution in [0.25, 0.3) is 6.08 Å². The van der Waals surface area contributed by atoms with Crippen molar-refractivity contribution in [3.63, 3.8) is 0 Å². The van der Waals surface area contributed by atoms with Crippen molar-refractivity contribution in [2.45, 2.75) is 109 Å². The predicted octanol–water partition coefficient (Wildman–Crippen LogP) is 14.6. The molecule has 0 radical (unpaired) electrons. The predicted molar refractivity (Wildman–Crippen MR) is 256 cm³/mol. The molecule has 1 saturated heterocycles. The highest BCUT2D eigenvalue weighted by atomic mass is 16.7. The normalized spacial score (nSPS) is 13.2. The van der Waals surface area contributed by atoms with Gasteiger partial charge in [-0.1, -0.05) is 163 Å². The van der Waals surface area contributed by atoms with Crippen LogP contribution in [0.1, 0.15) is 116 Å². The lowest BCUT2D eigenvalue weighted by Crippen LogP contribution is -2.44. The first-order valence-electron chi connectivity index (χ1n) is 20.5. The topological polar surface area (TPSA) is 24.9 Å². The monoisotopic (exact) mass is 777 g/mol. The van der Waals surface area contributed by atoms with Crippen molar-refractivity contribution in [1.29, 1.82) is 0 Å². The minimum absolute atomic E-state index is 0. The zero-order chi connectivity index (χ0) is 42.1. The summed E-state index contributed by atoms with van der Waals surface area (Å²) in [6.07, 6.45) is 15.7. The Morgan fingerprint density at radius 3 is 1.56 bits per heavy atom. The lowest BCUT2D eigenvalue weighted by molar-refractivity contribution is 0.174. The van der Waals surface area contributed by atoms with Gasteiger partial charge in [-0.3, -0.25) is 0 Å². The largest absolute Gasteiger partial charge is 0.454 e. The molecule has 2 heterocycles. The van der Waals surface area contributed by atoms with E-state index in [1.165, 1.54) is 59.4 Å². The SMILES string of the molecule is C.C#CC.C/C=C/C.C/C=C/c1ccccc1.CC.CC(C)c1ccc(N2CCN(C)CC2)cc1.CC1CC1.Cc1ccc(C)cc1.Cc1ccc2c(c1)OCO2. The Bertz CT molecular complexity index is 1580. The highest BCUT2D eigenvalue weighted by Gasteiger charge is 2.14. The summed E-state index contributed by atoms with van der Waals surface area (Å²) in [4.78, 5) is 4.86. The summed E-state index contributed by atoms with van der Waals surface area (Å²) >= 11 is 0. The Balaban J connectivity index is 0. The van der Waals surface area contributed by atoms with Gasteiger partial charge in [0.2, 0.25) is 6.79 Å². The molecule has 4 heteroatoms. The molecule has 1 aliphatic carbocycles. The average Bonchev–Trinajstić information content (AvgIpc) is 3.87. The summed E-state index contributed by atoms with van der Waals surface area (Å²) in [5.74, 6) is 5.67. The number of allylic oxidation sites excluding steroid dienone is 3. The summed E-state index contributed by atoms with van der Waals surface area (Å²) in [6, 6.07) is 33.7. The number of terminal acetylenes is 1. The lowest BCUT2D eigenvalue weighted by atomic mass is 10.0. The molecule has 314 valence electrons. The van der Waals surface area contributed by atoms with Gasteiger partial charge in [0.25, 0.3) is 0 Å².